The van der Waals surface area contributed by atoms with Crippen LogP contribution in [0.3, 0.4) is 0 Å². The normalized spacial score (nSPS) is 11.5. The van der Waals surface area contributed by atoms with E-state index in [1.54, 1.807) is 28.9 Å². The number of rotatable bonds is 6. The lowest BCUT2D eigenvalue weighted by Gasteiger charge is -2.14. The van der Waals surface area contributed by atoms with Crippen LogP contribution in [0, 0.1) is 0 Å². The van der Waals surface area contributed by atoms with Crippen LogP contribution in [0.25, 0.3) is 5.69 Å². The van der Waals surface area contributed by atoms with Gasteiger partial charge in [-0.2, -0.15) is 5.10 Å². The summed E-state index contributed by atoms with van der Waals surface area (Å²) < 4.78 is 27.9. The van der Waals surface area contributed by atoms with Crippen LogP contribution < -0.4 is 11.1 Å². The molecule has 0 saturated carbocycles. The molecule has 0 saturated heterocycles. The summed E-state index contributed by atoms with van der Waals surface area (Å²) in [6.45, 7) is 0.215. The number of nitrogens with two attached hydrogens (primary N) is 1. The molecule has 3 N–H and O–H groups in total. The highest BCUT2D eigenvalue weighted by atomic mass is 35.5. The van der Waals surface area contributed by atoms with E-state index in [1.165, 1.54) is 6.20 Å². The maximum atomic E-state index is 13.2. The first-order chi connectivity index (χ1) is 10.9. The molecule has 0 radical (unpaired) electrons. The van der Waals surface area contributed by atoms with Gasteiger partial charge in [0.05, 0.1) is 36.2 Å². The van der Waals surface area contributed by atoms with E-state index in [-0.39, 0.29) is 5.56 Å². The fourth-order valence-electron chi connectivity index (χ4n) is 2.11. The Kier molecular flexibility index (Phi) is 5.33. The molecule has 8 heteroatoms. The van der Waals surface area contributed by atoms with Crippen molar-refractivity contribution in [2.45, 2.75) is 19.3 Å². The van der Waals surface area contributed by atoms with Gasteiger partial charge in [0.1, 0.15) is 0 Å². The van der Waals surface area contributed by atoms with Gasteiger partial charge in [0.2, 0.25) is 0 Å². The number of hydrogen-bond donors (Lipinski definition) is 2. The number of aromatic nitrogens is 2. The average Bonchev–Trinajstić information content (AvgIpc) is 2.96. The van der Waals surface area contributed by atoms with Gasteiger partial charge in [0.15, 0.2) is 0 Å². The summed E-state index contributed by atoms with van der Waals surface area (Å²) >= 11 is 5.96. The number of nitrogens with one attached hydrogen (secondary N) is 1. The highest BCUT2D eigenvalue weighted by Gasteiger charge is 2.28. The highest BCUT2D eigenvalue weighted by Crippen LogP contribution is 2.19. The second-order valence-electron chi connectivity index (χ2n) is 4.99. The molecule has 5 nitrogen and oxygen atoms in total. The minimum atomic E-state index is -3.13. The molecule has 0 aliphatic carbocycles. The largest absolute Gasteiger partial charge is 0.346 e. The third-order valence-corrected chi connectivity index (χ3v) is 3.54. The number of carbonyl (C=O) groups is 1. The third-order valence-electron chi connectivity index (χ3n) is 3.31. The van der Waals surface area contributed by atoms with Gasteiger partial charge in [0.25, 0.3) is 11.8 Å². The first-order valence-corrected chi connectivity index (χ1v) is 7.44. The molecular formula is C15H17ClF2N4O. The van der Waals surface area contributed by atoms with Gasteiger partial charge in [-0.05, 0) is 24.6 Å². The molecule has 0 fully saturated rings. The molecule has 0 aliphatic rings. The number of carbonyl (C=O) groups excluding carboxylic acids is 1. The van der Waals surface area contributed by atoms with E-state index in [9.17, 15) is 13.6 Å². The van der Waals surface area contributed by atoms with Crippen molar-refractivity contribution in [3.8, 4) is 5.69 Å². The van der Waals surface area contributed by atoms with Crippen LogP contribution in [0.4, 0.5) is 8.78 Å². The van der Waals surface area contributed by atoms with Crippen molar-refractivity contribution in [2.75, 3.05) is 13.1 Å². The van der Waals surface area contributed by atoms with Gasteiger partial charge in [-0.25, -0.2) is 13.5 Å². The van der Waals surface area contributed by atoms with Gasteiger partial charge in [-0.3, -0.25) is 4.79 Å². The molecule has 0 atom stereocenters. The molecule has 1 aromatic carbocycles. The van der Waals surface area contributed by atoms with E-state index in [0.29, 0.717) is 22.8 Å². The first kappa shape index (κ1) is 17.4. The van der Waals surface area contributed by atoms with Crippen LogP contribution in [0.1, 0.15) is 23.0 Å². The van der Waals surface area contributed by atoms with Crippen LogP contribution in [-0.4, -0.2) is 34.7 Å². The molecule has 0 spiro atoms. The standard InChI is InChI=1S/C15H17ClF2N4O/c1-2-13-12(14(23)20-9-15(17,18)8-19)7-21-22(13)11-5-3-4-10(16)6-11/h3-7H,2,8-9,19H2,1H3,(H,20,23). The Morgan fingerprint density at radius 3 is 2.83 bits per heavy atom. The smallest absolute Gasteiger partial charge is 0.277 e. The van der Waals surface area contributed by atoms with Crippen molar-refractivity contribution in [2.24, 2.45) is 5.73 Å². The van der Waals surface area contributed by atoms with Crippen LogP contribution in [0.15, 0.2) is 30.5 Å². The number of nitrogens with zero attached hydrogens (tertiary/aromatic N) is 2. The average molecular weight is 343 g/mol. The second kappa shape index (κ2) is 7.06. The van der Waals surface area contributed by atoms with Crippen molar-refractivity contribution in [1.82, 2.24) is 15.1 Å². The molecule has 1 heterocycles. The van der Waals surface area contributed by atoms with Gasteiger partial charge in [-0.15, -0.1) is 0 Å². The molecule has 23 heavy (non-hydrogen) atoms. The number of benzene rings is 1. The lowest BCUT2D eigenvalue weighted by Crippen LogP contribution is -2.41. The van der Waals surface area contributed by atoms with Crippen LogP contribution in [-0.2, 0) is 6.42 Å². The topological polar surface area (TPSA) is 72.9 Å². The molecule has 2 rings (SSSR count). The van der Waals surface area contributed by atoms with E-state index in [0.717, 1.165) is 0 Å². The molecule has 124 valence electrons. The summed E-state index contributed by atoms with van der Waals surface area (Å²) in [5.41, 5.74) is 6.51. The Morgan fingerprint density at radius 2 is 2.22 bits per heavy atom. The molecule has 0 bridgehead atoms. The fraction of sp³-hybridized carbons (Fsp3) is 0.333. The minimum absolute atomic E-state index is 0.250. The summed E-state index contributed by atoms with van der Waals surface area (Å²) in [7, 11) is 0. The maximum absolute atomic E-state index is 13.2. The van der Waals surface area contributed by atoms with Crippen molar-refractivity contribution in [3.05, 3.63) is 46.7 Å². The Balaban J connectivity index is 2.26. The second-order valence-corrected chi connectivity index (χ2v) is 5.43. The number of hydrogen-bond acceptors (Lipinski definition) is 3. The predicted molar refractivity (Wildman–Crippen MR) is 84.3 cm³/mol. The summed E-state index contributed by atoms with van der Waals surface area (Å²) in [5.74, 6) is -3.74. The quantitative estimate of drug-likeness (QED) is 0.846. The summed E-state index contributed by atoms with van der Waals surface area (Å²) in [5, 5.41) is 6.90. The molecule has 0 unspecified atom stereocenters. The number of halogens is 3. The minimum Gasteiger partial charge on any atom is -0.346 e. The first-order valence-electron chi connectivity index (χ1n) is 7.07. The van der Waals surface area contributed by atoms with E-state index >= 15 is 0 Å². The summed E-state index contributed by atoms with van der Waals surface area (Å²) in [6, 6.07) is 6.99. The van der Waals surface area contributed by atoms with Crippen molar-refractivity contribution < 1.29 is 13.6 Å². The number of amides is 1. The fourth-order valence-corrected chi connectivity index (χ4v) is 2.30. The zero-order chi connectivity index (χ0) is 17.0. The predicted octanol–water partition coefficient (Wildman–Crippen LogP) is 2.41. The lowest BCUT2D eigenvalue weighted by molar-refractivity contribution is 0.0118. The van der Waals surface area contributed by atoms with Crippen LogP contribution >= 0.6 is 11.6 Å². The van der Waals surface area contributed by atoms with Gasteiger partial charge in [-0.1, -0.05) is 24.6 Å². The van der Waals surface area contributed by atoms with Gasteiger partial charge in [0, 0.05) is 5.02 Å². The molecule has 0 aliphatic heterocycles. The lowest BCUT2D eigenvalue weighted by atomic mass is 10.2. The van der Waals surface area contributed by atoms with Gasteiger partial charge >= 0.3 is 0 Å². The molecule has 2 aromatic rings. The van der Waals surface area contributed by atoms with E-state index < -0.39 is 24.9 Å². The third kappa shape index (κ3) is 4.05. The van der Waals surface area contributed by atoms with E-state index in [4.69, 9.17) is 17.3 Å². The Bertz CT molecular complexity index is 703. The van der Waals surface area contributed by atoms with Crippen LogP contribution in [0.2, 0.25) is 5.02 Å². The zero-order valence-corrected chi connectivity index (χ0v) is 13.3. The highest BCUT2D eigenvalue weighted by molar-refractivity contribution is 6.30. The monoisotopic (exact) mass is 342 g/mol. The van der Waals surface area contributed by atoms with Crippen LogP contribution in [0.5, 0.6) is 0 Å². The number of alkyl halides is 2. The maximum Gasteiger partial charge on any atom is 0.277 e. The SMILES string of the molecule is CCc1c(C(=O)NCC(F)(F)CN)cnn1-c1cccc(Cl)c1. The summed E-state index contributed by atoms with van der Waals surface area (Å²) in [6.07, 6.45) is 1.86. The molecular weight excluding hydrogens is 326 g/mol. The van der Waals surface area contributed by atoms with E-state index in [1.807, 2.05) is 6.92 Å². The van der Waals surface area contributed by atoms with Crippen molar-refractivity contribution in [3.63, 3.8) is 0 Å². The molecule has 1 aromatic heterocycles. The Labute approximate surface area is 137 Å². The van der Waals surface area contributed by atoms with Gasteiger partial charge < -0.3 is 11.1 Å². The van der Waals surface area contributed by atoms with Crippen molar-refractivity contribution >= 4 is 17.5 Å². The Hall–Kier alpha value is -1.99. The Morgan fingerprint density at radius 1 is 1.48 bits per heavy atom. The zero-order valence-electron chi connectivity index (χ0n) is 12.5. The van der Waals surface area contributed by atoms with E-state index in [2.05, 4.69) is 10.4 Å². The summed E-state index contributed by atoms with van der Waals surface area (Å²) in [4.78, 5) is 12.1. The van der Waals surface area contributed by atoms with Crippen molar-refractivity contribution in [1.29, 1.82) is 0 Å². The molecule has 1 amide bonds.